The second-order valence-electron chi connectivity index (χ2n) is 5.66. The van der Waals surface area contributed by atoms with E-state index in [1.807, 2.05) is 6.07 Å². The molecule has 2 rings (SSSR count). The largest absolute Gasteiger partial charge is 0.493 e. The zero-order chi connectivity index (χ0) is 21.0. The van der Waals surface area contributed by atoms with Gasteiger partial charge in [-0.15, -0.1) is 0 Å². The standard InChI is InChI=1S/C19H21BrN2O6/c1-6-27-19(23)13-9(2)28-18(22)11(8-21)14(13)10-7-12(24-3)16(25-4)17(26-5)15(10)20/h7,14H,6,22H2,1-5H3. The number of ether oxygens (including phenoxy) is 5. The van der Waals surface area contributed by atoms with Crippen molar-refractivity contribution in [3.05, 3.63) is 38.9 Å². The molecule has 1 aromatic rings. The average Bonchev–Trinajstić information content (AvgIpc) is 2.67. The first kappa shape index (κ1) is 21.4. The minimum atomic E-state index is -0.846. The van der Waals surface area contributed by atoms with E-state index in [4.69, 9.17) is 29.4 Å². The zero-order valence-corrected chi connectivity index (χ0v) is 17.8. The molecule has 0 amide bonds. The number of hydrogen-bond donors (Lipinski definition) is 1. The lowest BCUT2D eigenvalue weighted by molar-refractivity contribution is -0.139. The Labute approximate surface area is 171 Å². The zero-order valence-electron chi connectivity index (χ0n) is 16.2. The summed E-state index contributed by atoms with van der Waals surface area (Å²) in [6, 6.07) is 3.69. The van der Waals surface area contributed by atoms with Crippen LogP contribution in [0, 0.1) is 11.3 Å². The highest BCUT2D eigenvalue weighted by atomic mass is 79.9. The highest BCUT2D eigenvalue weighted by Crippen LogP contribution is 2.50. The van der Waals surface area contributed by atoms with Gasteiger partial charge in [0.2, 0.25) is 11.6 Å². The van der Waals surface area contributed by atoms with Crippen LogP contribution in [-0.2, 0) is 14.3 Å². The van der Waals surface area contributed by atoms with Crippen LogP contribution in [-0.4, -0.2) is 33.9 Å². The molecule has 1 aliphatic rings. The van der Waals surface area contributed by atoms with Gasteiger partial charge in [-0.25, -0.2) is 4.79 Å². The van der Waals surface area contributed by atoms with Gasteiger partial charge in [0, 0.05) is 0 Å². The first-order valence-electron chi connectivity index (χ1n) is 8.29. The van der Waals surface area contributed by atoms with Crippen molar-refractivity contribution in [3.63, 3.8) is 0 Å². The fraction of sp³-hybridized carbons (Fsp3) is 0.368. The van der Waals surface area contributed by atoms with E-state index in [1.165, 1.54) is 21.3 Å². The summed E-state index contributed by atoms with van der Waals surface area (Å²) in [5.41, 5.74) is 6.69. The lowest BCUT2D eigenvalue weighted by Crippen LogP contribution is -2.26. The van der Waals surface area contributed by atoms with Crippen molar-refractivity contribution in [3.8, 4) is 23.3 Å². The van der Waals surface area contributed by atoms with Crippen molar-refractivity contribution in [1.29, 1.82) is 5.26 Å². The normalized spacial score (nSPS) is 16.2. The molecule has 1 aliphatic heterocycles. The van der Waals surface area contributed by atoms with E-state index in [0.29, 0.717) is 27.3 Å². The SMILES string of the molecule is CCOC(=O)C1=C(C)OC(N)=C(C#N)C1c1cc(OC)c(OC)c(OC)c1Br. The lowest BCUT2D eigenvalue weighted by atomic mass is 9.82. The second-order valence-corrected chi connectivity index (χ2v) is 6.46. The van der Waals surface area contributed by atoms with Crippen molar-refractivity contribution >= 4 is 21.9 Å². The first-order valence-corrected chi connectivity index (χ1v) is 9.09. The van der Waals surface area contributed by atoms with Crippen molar-refractivity contribution in [2.45, 2.75) is 19.8 Å². The monoisotopic (exact) mass is 452 g/mol. The predicted octanol–water partition coefficient (Wildman–Crippen LogP) is 3.12. The fourth-order valence-corrected chi connectivity index (χ4v) is 3.70. The average molecular weight is 453 g/mol. The first-order chi connectivity index (χ1) is 13.4. The van der Waals surface area contributed by atoms with Crippen LogP contribution in [0.1, 0.15) is 25.3 Å². The molecule has 0 saturated heterocycles. The number of rotatable bonds is 6. The van der Waals surface area contributed by atoms with Gasteiger partial charge in [0.05, 0.1) is 43.9 Å². The summed E-state index contributed by atoms with van der Waals surface area (Å²) < 4.78 is 27.3. The van der Waals surface area contributed by atoms with Gasteiger partial charge in [0.1, 0.15) is 17.4 Å². The summed E-state index contributed by atoms with van der Waals surface area (Å²) >= 11 is 3.50. The molecule has 0 spiro atoms. The van der Waals surface area contributed by atoms with Crippen molar-refractivity contribution in [1.82, 2.24) is 0 Å². The molecule has 0 fully saturated rings. The minimum absolute atomic E-state index is 0.0728. The summed E-state index contributed by atoms with van der Waals surface area (Å²) in [6.07, 6.45) is 0. The number of carbonyl (C=O) groups is 1. The van der Waals surface area contributed by atoms with Crippen molar-refractivity contribution in [2.75, 3.05) is 27.9 Å². The summed E-state index contributed by atoms with van der Waals surface area (Å²) in [6.45, 7) is 3.45. The molecule has 1 unspecified atom stereocenters. The van der Waals surface area contributed by atoms with Crippen LogP contribution < -0.4 is 19.9 Å². The Kier molecular flexibility index (Phi) is 6.80. The maximum Gasteiger partial charge on any atom is 0.338 e. The molecule has 150 valence electrons. The number of halogens is 1. The molecule has 8 nitrogen and oxygen atoms in total. The Morgan fingerprint density at radius 1 is 1.29 bits per heavy atom. The van der Waals surface area contributed by atoms with E-state index in [0.717, 1.165) is 0 Å². The molecule has 0 radical (unpaired) electrons. The van der Waals surface area contributed by atoms with E-state index in [2.05, 4.69) is 15.9 Å². The van der Waals surface area contributed by atoms with E-state index < -0.39 is 11.9 Å². The molecular weight excluding hydrogens is 432 g/mol. The van der Waals surface area contributed by atoms with Gasteiger partial charge in [-0.1, -0.05) is 0 Å². The third kappa shape index (κ3) is 3.60. The maximum absolute atomic E-state index is 12.7. The second kappa shape index (κ2) is 8.89. The topological polar surface area (TPSA) is 113 Å². The third-order valence-electron chi connectivity index (χ3n) is 4.21. The smallest absolute Gasteiger partial charge is 0.338 e. The van der Waals surface area contributed by atoms with Gasteiger partial charge in [0.15, 0.2) is 11.5 Å². The number of nitrogens with two attached hydrogens (primary N) is 1. The van der Waals surface area contributed by atoms with Gasteiger partial charge in [-0.05, 0) is 41.4 Å². The summed E-state index contributed by atoms with van der Waals surface area (Å²) in [5, 5.41) is 9.71. The third-order valence-corrected chi connectivity index (χ3v) is 5.03. The predicted molar refractivity (Wildman–Crippen MR) is 104 cm³/mol. The highest BCUT2D eigenvalue weighted by Gasteiger charge is 2.39. The molecule has 28 heavy (non-hydrogen) atoms. The van der Waals surface area contributed by atoms with Gasteiger partial charge < -0.3 is 29.4 Å². The molecule has 0 bridgehead atoms. The number of esters is 1. The van der Waals surface area contributed by atoms with Crippen LogP contribution in [0.2, 0.25) is 0 Å². The highest BCUT2D eigenvalue weighted by molar-refractivity contribution is 9.10. The number of benzene rings is 1. The minimum Gasteiger partial charge on any atom is -0.493 e. The quantitative estimate of drug-likeness (QED) is 0.654. The van der Waals surface area contributed by atoms with E-state index in [9.17, 15) is 10.1 Å². The van der Waals surface area contributed by atoms with Crippen LogP contribution in [0.3, 0.4) is 0 Å². The molecule has 1 atom stereocenters. The molecule has 1 aromatic carbocycles. The van der Waals surface area contributed by atoms with Crippen LogP contribution in [0.25, 0.3) is 0 Å². The van der Waals surface area contributed by atoms with Crippen LogP contribution in [0.5, 0.6) is 17.2 Å². The van der Waals surface area contributed by atoms with E-state index >= 15 is 0 Å². The summed E-state index contributed by atoms with van der Waals surface area (Å²) in [7, 11) is 4.42. The van der Waals surface area contributed by atoms with Crippen LogP contribution in [0.4, 0.5) is 0 Å². The van der Waals surface area contributed by atoms with E-state index in [1.54, 1.807) is 19.9 Å². The summed E-state index contributed by atoms with van der Waals surface area (Å²) in [4.78, 5) is 12.7. The van der Waals surface area contributed by atoms with Crippen LogP contribution >= 0.6 is 15.9 Å². The Balaban J connectivity index is 2.85. The molecule has 0 aromatic heterocycles. The molecule has 9 heteroatoms. The fourth-order valence-electron chi connectivity index (χ4n) is 3.02. The Hall–Kier alpha value is -2.86. The maximum atomic E-state index is 12.7. The number of hydrogen-bond acceptors (Lipinski definition) is 8. The van der Waals surface area contributed by atoms with Gasteiger partial charge >= 0.3 is 5.97 Å². The number of nitrogens with zero attached hydrogens (tertiary/aromatic N) is 1. The lowest BCUT2D eigenvalue weighted by Gasteiger charge is -2.28. The number of carbonyl (C=O) groups excluding carboxylic acids is 1. The van der Waals surface area contributed by atoms with Gasteiger partial charge in [-0.2, -0.15) is 5.26 Å². The molecule has 1 heterocycles. The Morgan fingerprint density at radius 3 is 2.43 bits per heavy atom. The van der Waals surface area contributed by atoms with Gasteiger partial charge in [-0.3, -0.25) is 0 Å². The molecule has 2 N–H and O–H groups in total. The molecule has 0 aliphatic carbocycles. The number of allylic oxidation sites excluding steroid dienone is 2. The molecule has 0 saturated carbocycles. The van der Waals surface area contributed by atoms with E-state index in [-0.39, 0.29) is 29.4 Å². The summed E-state index contributed by atoms with van der Waals surface area (Å²) in [5.74, 6) is -0.214. The number of methoxy groups -OCH3 is 3. The molecular formula is C19H21BrN2O6. The van der Waals surface area contributed by atoms with Crippen molar-refractivity contribution in [2.24, 2.45) is 5.73 Å². The number of nitriles is 1. The van der Waals surface area contributed by atoms with Crippen LogP contribution in [0.15, 0.2) is 33.3 Å². The Bertz CT molecular complexity index is 901. The van der Waals surface area contributed by atoms with Crippen molar-refractivity contribution < 1.29 is 28.5 Å². The van der Waals surface area contributed by atoms with Gasteiger partial charge in [0.25, 0.3) is 0 Å². The Morgan fingerprint density at radius 2 is 1.93 bits per heavy atom.